The van der Waals surface area contributed by atoms with Gasteiger partial charge in [0.25, 0.3) is 5.91 Å². The van der Waals surface area contributed by atoms with E-state index in [1.54, 1.807) is 25.4 Å². The number of amides is 1. The summed E-state index contributed by atoms with van der Waals surface area (Å²) in [5.41, 5.74) is 0. The lowest BCUT2D eigenvalue weighted by Crippen LogP contribution is -2.31. The lowest BCUT2D eigenvalue weighted by atomic mass is 10.4. The van der Waals surface area contributed by atoms with Gasteiger partial charge in [-0.2, -0.15) is 0 Å². The van der Waals surface area contributed by atoms with Crippen molar-refractivity contribution < 1.29 is 14.3 Å². The van der Waals surface area contributed by atoms with E-state index in [0.717, 1.165) is 0 Å². The van der Waals surface area contributed by atoms with Gasteiger partial charge in [-0.15, -0.1) is 0 Å². The molecule has 0 atom stereocenters. The van der Waals surface area contributed by atoms with Crippen molar-refractivity contribution in [2.75, 3.05) is 26.9 Å². The number of hydrogen-bond donors (Lipinski definition) is 1. The molecule has 16 heavy (non-hydrogen) atoms. The molecular weight excluding hydrogens is 232 g/mol. The standard InChI is InChI=1S/C10H13ClN2O3/c1-15-6-5-12-9(14)7-16-8-3-2-4-13-10(8)11/h2-4H,5-7H2,1H3,(H,12,14). The highest BCUT2D eigenvalue weighted by atomic mass is 35.5. The van der Waals surface area contributed by atoms with Crippen molar-refractivity contribution in [3.8, 4) is 5.75 Å². The smallest absolute Gasteiger partial charge is 0.258 e. The van der Waals surface area contributed by atoms with Crippen molar-refractivity contribution in [1.82, 2.24) is 10.3 Å². The summed E-state index contributed by atoms with van der Waals surface area (Å²) in [7, 11) is 1.57. The van der Waals surface area contributed by atoms with E-state index < -0.39 is 0 Å². The van der Waals surface area contributed by atoms with Gasteiger partial charge in [0.1, 0.15) is 0 Å². The van der Waals surface area contributed by atoms with Crippen LogP contribution >= 0.6 is 11.6 Å². The maximum absolute atomic E-state index is 11.2. The topological polar surface area (TPSA) is 60.5 Å². The van der Waals surface area contributed by atoms with Crippen LogP contribution in [0.15, 0.2) is 18.3 Å². The van der Waals surface area contributed by atoms with Crippen LogP contribution < -0.4 is 10.1 Å². The Morgan fingerprint density at radius 2 is 2.44 bits per heavy atom. The number of nitrogens with one attached hydrogen (secondary N) is 1. The predicted octanol–water partition coefficient (Wildman–Crippen LogP) is 0.876. The minimum absolute atomic E-state index is 0.0882. The Labute approximate surface area is 98.7 Å². The van der Waals surface area contributed by atoms with Crippen LogP contribution in [-0.4, -0.2) is 37.8 Å². The van der Waals surface area contributed by atoms with Crippen LogP contribution in [0.4, 0.5) is 0 Å². The van der Waals surface area contributed by atoms with Crippen molar-refractivity contribution in [2.24, 2.45) is 0 Å². The molecule has 0 unspecified atom stereocenters. The molecule has 0 spiro atoms. The fourth-order valence-electron chi connectivity index (χ4n) is 0.966. The molecule has 1 rings (SSSR count). The molecule has 5 nitrogen and oxygen atoms in total. The summed E-state index contributed by atoms with van der Waals surface area (Å²) in [5.74, 6) is 0.169. The van der Waals surface area contributed by atoms with Crippen molar-refractivity contribution in [3.05, 3.63) is 23.5 Å². The maximum atomic E-state index is 11.2. The molecule has 0 aliphatic heterocycles. The Bertz CT molecular complexity index is 347. The van der Waals surface area contributed by atoms with Gasteiger partial charge in [0, 0.05) is 19.9 Å². The molecule has 0 aliphatic rings. The first-order chi connectivity index (χ1) is 7.74. The van der Waals surface area contributed by atoms with Crippen LogP contribution in [0, 0.1) is 0 Å². The van der Waals surface area contributed by atoms with Gasteiger partial charge in [-0.05, 0) is 12.1 Å². The highest BCUT2D eigenvalue weighted by Crippen LogP contribution is 2.19. The van der Waals surface area contributed by atoms with E-state index in [0.29, 0.717) is 18.9 Å². The summed E-state index contributed by atoms with van der Waals surface area (Å²) >= 11 is 5.75. The predicted molar refractivity (Wildman–Crippen MR) is 59.6 cm³/mol. The average Bonchev–Trinajstić information content (AvgIpc) is 2.28. The molecule has 0 aromatic carbocycles. The highest BCUT2D eigenvalue weighted by Gasteiger charge is 2.05. The number of ether oxygens (including phenoxy) is 2. The third kappa shape index (κ3) is 4.46. The van der Waals surface area contributed by atoms with E-state index in [9.17, 15) is 4.79 Å². The number of aromatic nitrogens is 1. The van der Waals surface area contributed by atoms with Crippen LogP contribution in [-0.2, 0) is 9.53 Å². The van der Waals surface area contributed by atoms with E-state index in [1.165, 1.54) is 0 Å². The summed E-state index contributed by atoms with van der Waals surface area (Å²) in [6, 6.07) is 3.34. The molecule has 1 aromatic heterocycles. The van der Waals surface area contributed by atoms with Crippen LogP contribution in [0.2, 0.25) is 5.15 Å². The fraction of sp³-hybridized carbons (Fsp3) is 0.400. The third-order valence-electron chi connectivity index (χ3n) is 1.71. The van der Waals surface area contributed by atoms with E-state index in [2.05, 4.69) is 10.3 Å². The van der Waals surface area contributed by atoms with Crippen LogP contribution in [0.25, 0.3) is 0 Å². The number of carbonyl (C=O) groups excluding carboxylic acids is 1. The minimum atomic E-state index is -0.225. The lowest BCUT2D eigenvalue weighted by molar-refractivity contribution is -0.123. The normalized spacial score (nSPS) is 9.88. The van der Waals surface area contributed by atoms with Crippen LogP contribution in [0.3, 0.4) is 0 Å². The number of pyridine rings is 1. The second-order valence-corrected chi connectivity index (χ2v) is 3.28. The van der Waals surface area contributed by atoms with Gasteiger partial charge in [0.2, 0.25) is 0 Å². The van der Waals surface area contributed by atoms with Crippen molar-refractivity contribution >= 4 is 17.5 Å². The molecule has 1 aromatic rings. The fourth-order valence-corrected chi connectivity index (χ4v) is 1.14. The molecule has 0 radical (unpaired) electrons. The molecule has 1 amide bonds. The van der Waals surface area contributed by atoms with Crippen LogP contribution in [0.1, 0.15) is 0 Å². The molecular formula is C10H13ClN2O3. The van der Waals surface area contributed by atoms with Crippen molar-refractivity contribution in [1.29, 1.82) is 0 Å². The molecule has 0 saturated heterocycles. The van der Waals surface area contributed by atoms with Gasteiger partial charge in [0.05, 0.1) is 6.61 Å². The second kappa shape index (κ2) is 7.03. The molecule has 0 aliphatic carbocycles. The first-order valence-electron chi connectivity index (χ1n) is 4.73. The van der Waals surface area contributed by atoms with Gasteiger partial charge in [-0.25, -0.2) is 4.98 Å². The zero-order chi connectivity index (χ0) is 11.8. The number of carbonyl (C=O) groups is 1. The van der Waals surface area contributed by atoms with Gasteiger partial charge >= 0.3 is 0 Å². The quantitative estimate of drug-likeness (QED) is 0.596. The lowest BCUT2D eigenvalue weighted by Gasteiger charge is -2.07. The average molecular weight is 245 g/mol. The van der Waals surface area contributed by atoms with E-state index in [4.69, 9.17) is 21.1 Å². The van der Waals surface area contributed by atoms with Gasteiger partial charge in [0.15, 0.2) is 17.5 Å². The van der Waals surface area contributed by atoms with Gasteiger partial charge < -0.3 is 14.8 Å². The van der Waals surface area contributed by atoms with E-state index in [-0.39, 0.29) is 17.7 Å². The van der Waals surface area contributed by atoms with Gasteiger partial charge in [-0.1, -0.05) is 11.6 Å². The minimum Gasteiger partial charge on any atom is -0.481 e. The maximum Gasteiger partial charge on any atom is 0.258 e. The van der Waals surface area contributed by atoms with E-state index in [1.807, 2.05) is 0 Å². The zero-order valence-electron chi connectivity index (χ0n) is 8.90. The van der Waals surface area contributed by atoms with E-state index >= 15 is 0 Å². The molecule has 6 heteroatoms. The summed E-state index contributed by atoms with van der Waals surface area (Å²) in [4.78, 5) is 15.1. The monoisotopic (exact) mass is 244 g/mol. The van der Waals surface area contributed by atoms with Crippen LogP contribution in [0.5, 0.6) is 5.75 Å². The first-order valence-corrected chi connectivity index (χ1v) is 5.11. The Morgan fingerprint density at radius 1 is 1.62 bits per heavy atom. The summed E-state index contributed by atoms with van der Waals surface area (Å²) in [6.45, 7) is 0.841. The molecule has 0 bridgehead atoms. The first kappa shape index (κ1) is 12.7. The SMILES string of the molecule is COCCNC(=O)COc1cccnc1Cl. The largest absolute Gasteiger partial charge is 0.481 e. The number of methoxy groups -OCH3 is 1. The van der Waals surface area contributed by atoms with Crippen molar-refractivity contribution in [3.63, 3.8) is 0 Å². The number of rotatable bonds is 6. The highest BCUT2D eigenvalue weighted by molar-refractivity contribution is 6.30. The summed E-state index contributed by atoms with van der Waals surface area (Å²) in [6.07, 6.45) is 1.55. The third-order valence-corrected chi connectivity index (χ3v) is 2.00. The molecule has 0 saturated carbocycles. The number of halogens is 1. The summed E-state index contributed by atoms with van der Waals surface area (Å²) < 4.78 is 9.97. The molecule has 0 fully saturated rings. The Kier molecular flexibility index (Phi) is 5.60. The Balaban J connectivity index is 2.29. The van der Waals surface area contributed by atoms with Crippen molar-refractivity contribution in [2.45, 2.75) is 0 Å². The molecule has 1 N–H and O–H groups in total. The Hall–Kier alpha value is -1.33. The summed E-state index contributed by atoms with van der Waals surface area (Å²) in [5, 5.41) is 2.86. The zero-order valence-corrected chi connectivity index (χ0v) is 9.66. The molecule has 1 heterocycles. The number of hydrogen-bond acceptors (Lipinski definition) is 4. The van der Waals surface area contributed by atoms with Gasteiger partial charge in [-0.3, -0.25) is 4.79 Å². The second-order valence-electron chi connectivity index (χ2n) is 2.92. The molecule has 88 valence electrons. The Morgan fingerprint density at radius 3 is 3.12 bits per heavy atom. The number of nitrogens with zero attached hydrogens (tertiary/aromatic N) is 1.